The normalized spacial score (nSPS) is 10.1. The standard InChI is InChI=1S/C14H13IN2O/c1-9-7-11(15)5-6-13(9)17-14(18)10-3-2-4-12(16)8-10/h2-8H,16H2,1H3,(H,17,18). The molecule has 2 rings (SSSR count). The molecule has 2 aromatic carbocycles. The zero-order valence-electron chi connectivity index (χ0n) is 9.91. The van der Waals surface area contributed by atoms with Gasteiger partial charge < -0.3 is 11.1 Å². The van der Waals surface area contributed by atoms with Gasteiger partial charge in [-0.15, -0.1) is 0 Å². The highest BCUT2D eigenvalue weighted by Crippen LogP contribution is 2.19. The van der Waals surface area contributed by atoms with Crippen molar-refractivity contribution in [3.8, 4) is 0 Å². The molecule has 0 saturated heterocycles. The lowest BCUT2D eigenvalue weighted by Gasteiger charge is -2.09. The van der Waals surface area contributed by atoms with Crippen LogP contribution in [-0.4, -0.2) is 5.91 Å². The molecule has 0 aliphatic carbocycles. The van der Waals surface area contributed by atoms with Crippen LogP contribution in [0.1, 0.15) is 15.9 Å². The van der Waals surface area contributed by atoms with Gasteiger partial charge >= 0.3 is 0 Å². The molecule has 0 radical (unpaired) electrons. The van der Waals surface area contributed by atoms with Crippen LogP contribution < -0.4 is 11.1 Å². The molecule has 0 aromatic heterocycles. The number of carbonyl (C=O) groups excluding carboxylic acids is 1. The van der Waals surface area contributed by atoms with Crippen molar-refractivity contribution in [3.63, 3.8) is 0 Å². The highest BCUT2D eigenvalue weighted by Gasteiger charge is 2.07. The number of benzene rings is 2. The summed E-state index contributed by atoms with van der Waals surface area (Å²) in [6.45, 7) is 1.97. The molecule has 0 fully saturated rings. The molecule has 0 aliphatic rings. The average Bonchev–Trinajstić information content (AvgIpc) is 2.32. The van der Waals surface area contributed by atoms with Crippen LogP contribution in [0.25, 0.3) is 0 Å². The monoisotopic (exact) mass is 352 g/mol. The first kappa shape index (κ1) is 12.9. The molecule has 4 heteroatoms. The Morgan fingerprint density at radius 3 is 2.67 bits per heavy atom. The Kier molecular flexibility index (Phi) is 3.86. The SMILES string of the molecule is Cc1cc(I)ccc1NC(=O)c1cccc(N)c1. The van der Waals surface area contributed by atoms with E-state index < -0.39 is 0 Å². The average molecular weight is 352 g/mol. The van der Waals surface area contributed by atoms with E-state index in [-0.39, 0.29) is 5.91 Å². The van der Waals surface area contributed by atoms with Gasteiger partial charge in [-0.05, 0) is 71.5 Å². The summed E-state index contributed by atoms with van der Waals surface area (Å²) in [5.41, 5.74) is 8.67. The van der Waals surface area contributed by atoms with E-state index in [0.717, 1.165) is 14.8 Å². The van der Waals surface area contributed by atoms with Crippen LogP contribution >= 0.6 is 22.6 Å². The van der Waals surface area contributed by atoms with Gasteiger partial charge in [0.25, 0.3) is 5.91 Å². The first-order chi connectivity index (χ1) is 8.56. The van der Waals surface area contributed by atoms with Gasteiger partial charge in [0, 0.05) is 20.5 Å². The maximum atomic E-state index is 12.0. The van der Waals surface area contributed by atoms with Crippen LogP contribution in [0.5, 0.6) is 0 Å². The number of anilines is 2. The zero-order valence-corrected chi connectivity index (χ0v) is 12.1. The number of hydrogen-bond acceptors (Lipinski definition) is 2. The van der Waals surface area contributed by atoms with Crippen molar-refractivity contribution in [2.75, 3.05) is 11.1 Å². The van der Waals surface area contributed by atoms with Gasteiger partial charge in [-0.1, -0.05) is 6.07 Å². The van der Waals surface area contributed by atoms with E-state index in [1.165, 1.54) is 0 Å². The lowest BCUT2D eigenvalue weighted by Crippen LogP contribution is -2.13. The summed E-state index contributed by atoms with van der Waals surface area (Å²) in [5, 5.41) is 2.88. The summed E-state index contributed by atoms with van der Waals surface area (Å²) in [6.07, 6.45) is 0. The third-order valence-corrected chi connectivity index (χ3v) is 3.26. The molecule has 0 saturated carbocycles. The quantitative estimate of drug-likeness (QED) is 0.643. The summed E-state index contributed by atoms with van der Waals surface area (Å²) in [5.74, 6) is -0.147. The fourth-order valence-electron chi connectivity index (χ4n) is 1.64. The molecule has 3 nitrogen and oxygen atoms in total. The number of hydrogen-bond donors (Lipinski definition) is 2. The van der Waals surface area contributed by atoms with Gasteiger partial charge in [-0.3, -0.25) is 4.79 Å². The molecule has 0 heterocycles. The maximum Gasteiger partial charge on any atom is 0.255 e. The van der Waals surface area contributed by atoms with Gasteiger partial charge in [0.15, 0.2) is 0 Å². The van der Waals surface area contributed by atoms with E-state index in [1.807, 2.05) is 25.1 Å². The lowest BCUT2D eigenvalue weighted by molar-refractivity contribution is 0.102. The van der Waals surface area contributed by atoms with Crippen LogP contribution in [0.4, 0.5) is 11.4 Å². The number of carbonyl (C=O) groups is 1. The number of rotatable bonds is 2. The van der Waals surface area contributed by atoms with Crippen molar-refractivity contribution in [1.82, 2.24) is 0 Å². The van der Waals surface area contributed by atoms with Crippen molar-refractivity contribution in [3.05, 3.63) is 57.2 Å². The minimum absolute atomic E-state index is 0.147. The van der Waals surface area contributed by atoms with Gasteiger partial charge in [0.2, 0.25) is 0 Å². The molecule has 0 unspecified atom stereocenters. The molecule has 3 N–H and O–H groups in total. The number of halogens is 1. The van der Waals surface area contributed by atoms with Crippen LogP contribution in [-0.2, 0) is 0 Å². The third kappa shape index (κ3) is 3.01. The molecular weight excluding hydrogens is 339 g/mol. The van der Waals surface area contributed by atoms with E-state index in [1.54, 1.807) is 24.3 Å². The minimum atomic E-state index is -0.147. The third-order valence-electron chi connectivity index (χ3n) is 2.59. The van der Waals surface area contributed by atoms with Crippen molar-refractivity contribution in [2.24, 2.45) is 0 Å². The summed E-state index contributed by atoms with van der Waals surface area (Å²) >= 11 is 2.24. The Morgan fingerprint density at radius 1 is 1.22 bits per heavy atom. The van der Waals surface area contributed by atoms with E-state index in [4.69, 9.17) is 5.73 Å². The highest BCUT2D eigenvalue weighted by molar-refractivity contribution is 14.1. The van der Waals surface area contributed by atoms with Crippen molar-refractivity contribution in [2.45, 2.75) is 6.92 Å². The molecule has 0 bridgehead atoms. The Morgan fingerprint density at radius 2 is 2.00 bits per heavy atom. The molecule has 92 valence electrons. The Labute approximate surface area is 120 Å². The van der Waals surface area contributed by atoms with Gasteiger partial charge in [-0.2, -0.15) is 0 Å². The number of nitrogens with one attached hydrogen (secondary N) is 1. The smallest absolute Gasteiger partial charge is 0.255 e. The fourth-order valence-corrected chi connectivity index (χ4v) is 2.29. The summed E-state index contributed by atoms with van der Waals surface area (Å²) in [4.78, 5) is 12.0. The molecule has 1 amide bonds. The van der Waals surface area contributed by atoms with Crippen molar-refractivity contribution in [1.29, 1.82) is 0 Å². The molecule has 2 aromatic rings. The van der Waals surface area contributed by atoms with Crippen LogP contribution in [0, 0.1) is 10.5 Å². The number of nitrogens with two attached hydrogens (primary N) is 1. The zero-order chi connectivity index (χ0) is 13.1. The second kappa shape index (κ2) is 5.39. The summed E-state index contributed by atoms with van der Waals surface area (Å²) in [6, 6.07) is 12.8. The van der Waals surface area contributed by atoms with Gasteiger partial charge in [-0.25, -0.2) is 0 Å². The Balaban J connectivity index is 2.21. The first-order valence-corrected chi connectivity index (χ1v) is 6.57. The van der Waals surface area contributed by atoms with E-state index in [0.29, 0.717) is 11.3 Å². The first-order valence-electron chi connectivity index (χ1n) is 5.49. The molecular formula is C14H13IN2O. The number of amides is 1. The second-order valence-electron chi connectivity index (χ2n) is 4.04. The second-order valence-corrected chi connectivity index (χ2v) is 5.28. The van der Waals surface area contributed by atoms with E-state index in [2.05, 4.69) is 27.9 Å². The van der Waals surface area contributed by atoms with Crippen LogP contribution in [0.3, 0.4) is 0 Å². The molecule has 0 spiro atoms. The van der Waals surface area contributed by atoms with Gasteiger partial charge in [0.1, 0.15) is 0 Å². The Hall–Kier alpha value is -1.56. The number of nitrogen functional groups attached to an aromatic ring is 1. The summed E-state index contributed by atoms with van der Waals surface area (Å²) in [7, 11) is 0. The lowest BCUT2D eigenvalue weighted by atomic mass is 10.1. The maximum absolute atomic E-state index is 12.0. The molecule has 0 atom stereocenters. The highest BCUT2D eigenvalue weighted by atomic mass is 127. The largest absolute Gasteiger partial charge is 0.399 e. The van der Waals surface area contributed by atoms with Gasteiger partial charge in [0.05, 0.1) is 0 Å². The van der Waals surface area contributed by atoms with Crippen LogP contribution in [0.2, 0.25) is 0 Å². The summed E-state index contributed by atoms with van der Waals surface area (Å²) < 4.78 is 1.15. The van der Waals surface area contributed by atoms with Crippen LogP contribution in [0.15, 0.2) is 42.5 Å². The minimum Gasteiger partial charge on any atom is -0.399 e. The molecule has 0 aliphatic heterocycles. The Bertz CT molecular complexity index is 596. The molecule has 18 heavy (non-hydrogen) atoms. The van der Waals surface area contributed by atoms with E-state index in [9.17, 15) is 4.79 Å². The fraction of sp³-hybridized carbons (Fsp3) is 0.0714. The number of aryl methyl sites for hydroxylation is 1. The topological polar surface area (TPSA) is 55.1 Å². The van der Waals surface area contributed by atoms with E-state index >= 15 is 0 Å². The van der Waals surface area contributed by atoms with Crippen molar-refractivity contribution >= 4 is 39.9 Å². The van der Waals surface area contributed by atoms with Crippen molar-refractivity contribution < 1.29 is 4.79 Å². The predicted molar refractivity (Wildman–Crippen MR) is 82.7 cm³/mol. The predicted octanol–water partition coefficient (Wildman–Crippen LogP) is 3.43.